The van der Waals surface area contributed by atoms with E-state index in [1.165, 1.54) is 11.8 Å². The molecule has 0 saturated carbocycles. The largest absolute Gasteiger partial charge is 0.293 e. The highest BCUT2D eigenvalue weighted by molar-refractivity contribution is 7.99. The maximum absolute atomic E-state index is 13.1. The zero-order valence-corrected chi connectivity index (χ0v) is 16.3. The van der Waals surface area contributed by atoms with E-state index in [4.69, 9.17) is 11.6 Å². The standard InChI is InChI=1S/C22H15ClN2O2S/c23-18-12-6-4-10-16(18)20(26)14-28-22-24-19-13-7-5-11-17(19)21(27)25(22)15-8-2-1-3-9-15/h1-13H,14H2. The molecule has 0 amide bonds. The van der Waals surface area contributed by atoms with Crippen LogP contribution in [0.2, 0.25) is 5.02 Å². The van der Waals surface area contributed by atoms with Crippen molar-refractivity contribution < 1.29 is 4.79 Å². The van der Waals surface area contributed by atoms with Crippen molar-refractivity contribution in [2.24, 2.45) is 0 Å². The minimum Gasteiger partial charge on any atom is -0.293 e. The van der Waals surface area contributed by atoms with E-state index in [2.05, 4.69) is 4.98 Å². The smallest absolute Gasteiger partial charge is 0.266 e. The van der Waals surface area contributed by atoms with Crippen LogP contribution in [-0.4, -0.2) is 21.1 Å². The molecule has 1 heterocycles. The molecule has 0 spiro atoms. The van der Waals surface area contributed by atoms with Gasteiger partial charge in [-0.25, -0.2) is 4.98 Å². The molecule has 0 aliphatic heterocycles. The fraction of sp³-hybridized carbons (Fsp3) is 0.0455. The summed E-state index contributed by atoms with van der Waals surface area (Å²) >= 11 is 7.36. The fourth-order valence-electron chi connectivity index (χ4n) is 2.91. The SMILES string of the molecule is O=C(CSc1nc2ccccc2c(=O)n1-c1ccccc1)c1ccccc1Cl. The summed E-state index contributed by atoms with van der Waals surface area (Å²) in [4.78, 5) is 30.4. The van der Waals surface area contributed by atoms with E-state index >= 15 is 0 Å². The van der Waals surface area contributed by atoms with Crippen molar-refractivity contribution in [3.05, 3.63) is 99.8 Å². The lowest BCUT2D eigenvalue weighted by Gasteiger charge is -2.13. The van der Waals surface area contributed by atoms with E-state index in [1.807, 2.05) is 42.5 Å². The lowest BCUT2D eigenvalue weighted by molar-refractivity contribution is 0.102. The summed E-state index contributed by atoms with van der Waals surface area (Å²) in [5.41, 5.74) is 1.61. The summed E-state index contributed by atoms with van der Waals surface area (Å²) in [6.07, 6.45) is 0. The first kappa shape index (κ1) is 18.5. The third kappa shape index (κ3) is 3.59. The molecule has 0 unspecified atom stereocenters. The van der Waals surface area contributed by atoms with Crippen LogP contribution in [0.3, 0.4) is 0 Å². The third-order valence-electron chi connectivity index (χ3n) is 4.27. The normalized spacial score (nSPS) is 10.9. The van der Waals surface area contributed by atoms with Gasteiger partial charge in [0.25, 0.3) is 5.56 Å². The number of carbonyl (C=O) groups is 1. The molecule has 0 bridgehead atoms. The Morgan fingerprint density at radius 2 is 1.61 bits per heavy atom. The molecule has 4 aromatic rings. The number of benzene rings is 3. The lowest BCUT2D eigenvalue weighted by atomic mass is 10.1. The van der Waals surface area contributed by atoms with Gasteiger partial charge in [-0.1, -0.05) is 65.8 Å². The van der Waals surface area contributed by atoms with Crippen molar-refractivity contribution in [1.29, 1.82) is 0 Å². The van der Waals surface area contributed by atoms with Crippen LogP contribution in [0.5, 0.6) is 0 Å². The second-order valence-corrected chi connectivity index (χ2v) is 7.43. The molecule has 0 atom stereocenters. The van der Waals surface area contributed by atoms with Gasteiger partial charge in [0, 0.05) is 5.56 Å². The Balaban J connectivity index is 1.77. The lowest BCUT2D eigenvalue weighted by Crippen LogP contribution is -2.22. The summed E-state index contributed by atoms with van der Waals surface area (Å²) < 4.78 is 1.55. The molecule has 4 rings (SSSR count). The Morgan fingerprint density at radius 1 is 0.929 bits per heavy atom. The number of nitrogens with zero attached hydrogens (tertiary/aromatic N) is 2. The first-order chi connectivity index (χ1) is 13.6. The monoisotopic (exact) mass is 406 g/mol. The van der Waals surface area contributed by atoms with Gasteiger partial charge in [0.2, 0.25) is 0 Å². The number of hydrogen-bond acceptors (Lipinski definition) is 4. The Kier molecular flexibility index (Phi) is 5.28. The van der Waals surface area contributed by atoms with Crippen molar-refractivity contribution in [3.63, 3.8) is 0 Å². The summed E-state index contributed by atoms with van der Waals surface area (Å²) in [5, 5.41) is 1.42. The Hall–Kier alpha value is -2.89. The molecule has 138 valence electrons. The summed E-state index contributed by atoms with van der Waals surface area (Å²) in [6, 6.07) is 23.4. The van der Waals surface area contributed by atoms with Gasteiger partial charge in [-0.05, 0) is 36.4 Å². The number of fused-ring (bicyclic) bond motifs is 1. The van der Waals surface area contributed by atoms with E-state index in [9.17, 15) is 9.59 Å². The molecule has 0 aliphatic carbocycles. The number of halogens is 1. The second kappa shape index (κ2) is 8.00. The molecule has 28 heavy (non-hydrogen) atoms. The number of thioether (sulfide) groups is 1. The van der Waals surface area contributed by atoms with Crippen molar-refractivity contribution in [3.8, 4) is 5.69 Å². The third-order valence-corrected chi connectivity index (χ3v) is 5.53. The predicted octanol–water partition coefficient (Wildman–Crippen LogP) is 5.01. The maximum atomic E-state index is 13.1. The molecule has 0 radical (unpaired) electrons. The molecule has 0 fully saturated rings. The van der Waals surface area contributed by atoms with Crippen molar-refractivity contribution in [2.45, 2.75) is 5.16 Å². The van der Waals surface area contributed by atoms with Gasteiger partial charge in [-0.2, -0.15) is 0 Å². The number of aromatic nitrogens is 2. The van der Waals surface area contributed by atoms with E-state index in [0.717, 1.165) is 0 Å². The number of ketones is 1. The minimum atomic E-state index is -0.163. The molecule has 0 saturated heterocycles. The number of hydrogen-bond donors (Lipinski definition) is 0. The quantitative estimate of drug-likeness (QED) is 0.265. The Bertz CT molecular complexity index is 1220. The molecule has 6 heteroatoms. The summed E-state index contributed by atoms with van der Waals surface area (Å²) in [5.74, 6) is 0.0130. The first-order valence-corrected chi connectivity index (χ1v) is 9.99. The van der Waals surface area contributed by atoms with E-state index in [0.29, 0.717) is 32.3 Å². The number of para-hydroxylation sites is 2. The van der Waals surface area contributed by atoms with Crippen molar-refractivity contribution in [2.75, 3.05) is 5.75 Å². The number of carbonyl (C=O) groups excluding carboxylic acids is 1. The van der Waals surface area contributed by atoms with Gasteiger partial charge in [0.05, 0.1) is 27.4 Å². The van der Waals surface area contributed by atoms with Gasteiger partial charge in [0.15, 0.2) is 10.9 Å². The zero-order valence-electron chi connectivity index (χ0n) is 14.7. The molecule has 0 N–H and O–H groups in total. The fourth-order valence-corrected chi connectivity index (χ4v) is 4.05. The molecular weight excluding hydrogens is 392 g/mol. The predicted molar refractivity (Wildman–Crippen MR) is 114 cm³/mol. The van der Waals surface area contributed by atoms with Crippen molar-refractivity contribution in [1.82, 2.24) is 9.55 Å². The number of rotatable bonds is 5. The van der Waals surface area contributed by atoms with Crippen LogP contribution in [0.4, 0.5) is 0 Å². The Labute approximate surface area is 170 Å². The highest BCUT2D eigenvalue weighted by Gasteiger charge is 2.16. The van der Waals surface area contributed by atoms with Crippen LogP contribution in [0.1, 0.15) is 10.4 Å². The molecule has 0 aliphatic rings. The molecule has 1 aromatic heterocycles. The van der Waals surface area contributed by atoms with Gasteiger partial charge < -0.3 is 0 Å². The van der Waals surface area contributed by atoms with Crippen LogP contribution in [0, 0.1) is 0 Å². The van der Waals surface area contributed by atoms with E-state index in [1.54, 1.807) is 41.0 Å². The van der Waals surface area contributed by atoms with Gasteiger partial charge >= 0.3 is 0 Å². The highest BCUT2D eigenvalue weighted by Crippen LogP contribution is 2.24. The average molecular weight is 407 g/mol. The van der Waals surface area contributed by atoms with Crippen LogP contribution >= 0.6 is 23.4 Å². The van der Waals surface area contributed by atoms with Crippen LogP contribution in [0.15, 0.2) is 88.8 Å². The zero-order chi connectivity index (χ0) is 19.5. The molecule has 4 nitrogen and oxygen atoms in total. The minimum absolute atomic E-state index is 0.113. The second-order valence-electron chi connectivity index (χ2n) is 6.08. The topological polar surface area (TPSA) is 52.0 Å². The van der Waals surface area contributed by atoms with E-state index in [-0.39, 0.29) is 17.1 Å². The number of Topliss-reactive ketones (excluding diaryl/α,β-unsaturated/α-hetero) is 1. The van der Waals surface area contributed by atoms with Crippen LogP contribution in [-0.2, 0) is 0 Å². The van der Waals surface area contributed by atoms with E-state index < -0.39 is 0 Å². The molecular formula is C22H15ClN2O2S. The summed E-state index contributed by atoms with van der Waals surface area (Å²) in [7, 11) is 0. The van der Waals surface area contributed by atoms with Crippen LogP contribution in [0.25, 0.3) is 16.6 Å². The first-order valence-electron chi connectivity index (χ1n) is 8.63. The highest BCUT2D eigenvalue weighted by atomic mass is 35.5. The molecule has 3 aromatic carbocycles. The average Bonchev–Trinajstić information content (AvgIpc) is 2.73. The Morgan fingerprint density at radius 3 is 2.39 bits per heavy atom. The van der Waals surface area contributed by atoms with Crippen LogP contribution < -0.4 is 5.56 Å². The maximum Gasteiger partial charge on any atom is 0.266 e. The van der Waals surface area contributed by atoms with Crippen molar-refractivity contribution >= 4 is 40.0 Å². The van der Waals surface area contributed by atoms with Gasteiger partial charge in [-0.3, -0.25) is 14.2 Å². The van der Waals surface area contributed by atoms with Gasteiger partial charge in [0.1, 0.15) is 0 Å². The van der Waals surface area contributed by atoms with Gasteiger partial charge in [-0.15, -0.1) is 0 Å². The summed E-state index contributed by atoms with van der Waals surface area (Å²) in [6.45, 7) is 0.